The lowest BCUT2D eigenvalue weighted by atomic mass is 10.0. The fourth-order valence-electron chi connectivity index (χ4n) is 2.46. The Hall–Kier alpha value is -2.20. The first-order valence-electron chi connectivity index (χ1n) is 8.06. The Bertz CT molecular complexity index is 587. The Morgan fingerprint density at radius 3 is 2.57 bits per heavy atom. The van der Waals surface area contributed by atoms with Crippen molar-refractivity contribution in [3.8, 4) is 0 Å². The molecule has 1 aromatic heterocycles. The second-order valence-corrected chi connectivity index (χ2v) is 5.82. The van der Waals surface area contributed by atoms with E-state index in [2.05, 4.69) is 22.4 Å². The lowest BCUT2D eigenvalue weighted by molar-refractivity contribution is -0.125. The highest BCUT2D eigenvalue weighted by Gasteiger charge is 2.14. The second-order valence-electron chi connectivity index (χ2n) is 5.82. The number of amides is 1. The largest absolute Gasteiger partial charge is 0.387 e. The van der Waals surface area contributed by atoms with Gasteiger partial charge in [-0.2, -0.15) is 0 Å². The third-order valence-corrected chi connectivity index (χ3v) is 3.95. The topological polar surface area (TPSA) is 62.2 Å². The summed E-state index contributed by atoms with van der Waals surface area (Å²) in [5.41, 5.74) is 2.06. The number of aryl methyl sites for hydroxylation is 1. The molecule has 0 bridgehead atoms. The minimum atomic E-state index is -0.696. The SMILES string of the molecule is CC(CCCc1ccccc1)C(=O)NCC(O)c1ccncc1. The van der Waals surface area contributed by atoms with Gasteiger partial charge in [-0.05, 0) is 42.5 Å². The van der Waals surface area contributed by atoms with Crippen molar-refractivity contribution in [1.29, 1.82) is 0 Å². The van der Waals surface area contributed by atoms with Crippen LogP contribution in [0.4, 0.5) is 0 Å². The van der Waals surface area contributed by atoms with Gasteiger partial charge in [0.15, 0.2) is 0 Å². The van der Waals surface area contributed by atoms with Crippen LogP contribution in [0.2, 0.25) is 0 Å². The Morgan fingerprint density at radius 1 is 1.17 bits per heavy atom. The summed E-state index contributed by atoms with van der Waals surface area (Å²) in [5, 5.41) is 12.9. The Balaban J connectivity index is 1.68. The molecule has 0 fully saturated rings. The quantitative estimate of drug-likeness (QED) is 0.788. The molecule has 23 heavy (non-hydrogen) atoms. The number of nitrogens with zero attached hydrogens (tertiary/aromatic N) is 1. The highest BCUT2D eigenvalue weighted by molar-refractivity contribution is 5.78. The molecule has 2 aromatic rings. The van der Waals surface area contributed by atoms with E-state index < -0.39 is 6.10 Å². The average Bonchev–Trinajstić information content (AvgIpc) is 2.61. The molecule has 0 aliphatic heterocycles. The number of pyridine rings is 1. The van der Waals surface area contributed by atoms with Crippen LogP contribution in [0.25, 0.3) is 0 Å². The van der Waals surface area contributed by atoms with E-state index in [0.717, 1.165) is 24.8 Å². The number of nitrogens with one attached hydrogen (secondary N) is 1. The number of carbonyl (C=O) groups is 1. The first kappa shape index (κ1) is 17.2. The van der Waals surface area contributed by atoms with Crippen LogP contribution in [0, 0.1) is 5.92 Å². The molecule has 2 rings (SSSR count). The molecule has 0 saturated carbocycles. The minimum Gasteiger partial charge on any atom is -0.387 e. The molecule has 2 unspecified atom stereocenters. The van der Waals surface area contributed by atoms with Gasteiger partial charge in [-0.3, -0.25) is 9.78 Å². The summed E-state index contributed by atoms with van der Waals surface area (Å²) in [6, 6.07) is 13.8. The number of rotatable bonds is 8. The normalized spacial score (nSPS) is 13.3. The molecule has 1 heterocycles. The van der Waals surface area contributed by atoms with Crippen molar-refractivity contribution in [2.75, 3.05) is 6.54 Å². The summed E-state index contributed by atoms with van der Waals surface area (Å²) in [4.78, 5) is 16.0. The first-order valence-corrected chi connectivity index (χ1v) is 8.06. The Morgan fingerprint density at radius 2 is 1.87 bits per heavy atom. The lowest BCUT2D eigenvalue weighted by Crippen LogP contribution is -2.32. The standard InChI is InChI=1S/C19H24N2O2/c1-15(6-5-9-16-7-3-2-4-8-16)19(23)21-14-18(22)17-10-12-20-13-11-17/h2-4,7-8,10-13,15,18,22H,5-6,9,14H2,1H3,(H,21,23). The maximum atomic E-state index is 12.1. The van der Waals surface area contributed by atoms with Gasteiger partial charge in [0.1, 0.15) is 0 Å². The van der Waals surface area contributed by atoms with Crippen LogP contribution in [0.3, 0.4) is 0 Å². The molecule has 4 nitrogen and oxygen atoms in total. The number of hydrogen-bond acceptors (Lipinski definition) is 3. The fraction of sp³-hybridized carbons (Fsp3) is 0.368. The van der Waals surface area contributed by atoms with E-state index in [9.17, 15) is 9.90 Å². The molecule has 0 aliphatic carbocycles. The van der Waals surface area contributed by atoms with Gasteiger partial charge in [0.2, 0.25) is 5.91 Å². The van der Waals surface area contributed by atoms with Crippen LogP contribution >= 0.6 is 0 Å². The number of carbonyl (C=O) groups excluding carboxylic acids is 1. The summed E-state index contributed by atoms with van der Waals surface area (Å²) in [5.74, 6) is -0.0606. The zero-order valence-electron chi connectivity index (χ0n) is 13.5. The first-order chi connectivity index (χ1) is 11.2. The number of aromatic nitrogens is 1. The van der Waals surface area contributed by atoms with Crippen LogP contribution in [0.5, 0.6) is 0 Å². The van der Waals surface area contributed by atoms with Crippen LogP contribution < -0.4 is 5.32 Å². The Kier molecular flexibility index (Phi) is 6.76. The van der Waals surface area contributed by atoms with Crippen LogP contribution in [-0.2, 0) is 11.2 Å². The molecular weight excluding hydrogens is 288 g/mol. The predicted molar refractivity (Wildman–Crippen MR) is 90.8 cm³/mol. The van der Waals surface area contributed by atoms with Crippen molar-refractivity contribution in [3.05, 3.63) is 66.0 Å². The molecule has 1 amide bonds. The van der Waals surface area contributed by atoms with Gasteiger partial charge in [-0.1, -0.05) is 37.3 Å². The van der Waals surface area contributed by atoms with Crippen molar-refractivity contribution in [2.24, 2.45) is 5.92 Å². The zero-order valence-corrected chi connectivity index (χ0v) is 13.5. The van der Waals surface area contributed by atoms with Gasteiger partial charge in [-0.25, -0.2) is 0 Å². The summed E-state index contributed by atoms with van der Waals surface area (Å²) in [7, 11) is 0. The van der Waals surface area contributed by atoms with Gasteiger partial charge in [0.25, 0.3) is 0 Å². The lowest BCUT2D eigenvalue weighted by Gasteiger charge is -2.15. The van der Waals surface area contributed by atoms with Crippen molar-refractivity contribution in [2.45, 2.75) is 32.3 Å². The number of aliphatic hydroxyl groups is 1. The molecule has 4 heteroatoms. The number of benzene rings is 1. The Labute approximate surface area is 137 Å². The van der Waals surface area contributed by atoms with Gasteiger partial charge in [0, 0.05) is 24.9 Å². The maximum absolute atomic E-state index is 12.1. The molecule has 0 spiro atoms. The van der Waals surface area contributed by atoms with E-state index in [1.807, 2.05) is 25.1 Å². The van der Waals surface area contributed by atoms with E-state index in [1.165, 1.54) is 5.56 Å². The predicted octanol–water partition coefficient (Wildman–Crippen LogP) is 2.89. The van der Waals surface area contributed by atoms with Gasteiger partial charge < -0.3 is 10.4 Å². The summed E-state index contributed by atoms with van der Waals surface area (Å²) >= 11 is 0. The molecular formula is C19H24N2O2. The molecule has 0 saturated heterocycles. The van der Waals surface area contributed by atoms with Crippen LogP contribution in [0.1, 0.15) is 37.0 Å². The zero-order chi connectivity index (χ0) is 16.5. The van der Waals surface area contributed by atoms with Gasteiger partial charge >= 0.3 is 0 Å². The van der Waals surface area contributed by atoms with Gasteiger partial charge in [-0.15, -0.1) is 0 Å². The highest BCUT2D eigenvalue weighted by Crippen LogP contribution is 2.12. The van der Waals surface area contributed by atoms with Crippen LogP contribution in [-0.4, -0.2) is 22.5 Å². The van der Waals surface area contributed by atoms with Crippen molar-refractivity contribution >= 4 is 5.91 Å². The van der Waals surface area contributed by atoms with E-state index >= 15 is 0 Å². The average molecular weight is 312 g/mol. The van der Waals surface area contributed by atoms with Gasteiger partial charge in [0.05, 0.1) is 6.10 Å². The maximum Gasteiger partial charge on any atom is 0.222 e. The summed E-state index contributed by atoms with van der Waals surface area (Å²) in [6.07, 6.45) is 5.37. The van der Waals surface area contributed by atoms with E-state index in [-0.39, 0.29) is 18.4 Å². The van der Waals surface area contributed by atoms with Crippen LogP contribution in [0.15, 0.2) is 54.9 Å². The third kappa shape index (κ3) is 5.83. The number of hydrogen-bond donors (Lipinski definition) is 2. The van der Waals surface area contributed by atoms with Crippen molar-refractivity contribution in [1.82, 2.24) is 10.3 Å². The molecule has 0 radical (unpaired) electrons. The summed E-state index contributed by atoms with van der Waals surface area (Å²) < 4.78 is 0. The van der Waals surface area contributed by atoms with Crippen molar-refractivity contribution in [3.63, 3.8) is 0 Å². The van der Waals surface area contributed by atoms with E-state index in [1.54, 1.807) is 24.5 Å². The van der Waals surface area contributed by atoms with E-state index in [0.29, 0.717) is 0 Å². The molecule has 122 valence electrons. The monoisotopic (exact) mass is 312 g/mol. The summed E-state index contributed by atoms with van der Waals surface area (Å²) in [6.45, 7) is 2.16. The molecule has 2 atom stereocenters. The third-order valence-electron chi connectivity index (χ3n) is 3.95. The molecule has 0 aliphatic rings. The molecule has 1 aromatic carbocycles. The smallest absolute Gasteiger partial charge is 0.222 e. The number of aliphatic hydroxyl groups excluding tert-OH is 1. The second kappa shape index (κ2) is 9.06. The minimum absolute atomic E-state index is 0.00818. The van der Waals surface area contributed by atoms with E-state index in [4.69, 9.17) is 0 Å². The fourth-order valence-corrected chi connectivity index (χ4v) is 2.46. The van der Waals surface area contributed by atoms with Crippen molar-refractivity contribution < 1.29 is 9.90 Å². The molecule has 2 N–H and O–H groups in total. The highest BCUT2D eigenvalue weighted by atomic mass is 16.3.